The highest BCUT2D eigenvalue weighted by Crippen LogP contribution is 2.43. The van der Waals surface area contributed by atoms with Crippen LogP contribution in [0.25, 0.3) is 0 Å². The van der Waals surface area contributed by atoms with Crippen LogP contribution < -0.4 is 4.90 Å². The van der Waals surface area contributed by atoms with E-state index in [4.69, 9.17) is 23.2 Å². The fourth-order valence-corrected chi connectivity index (χ4v) is 3.48. The predicted octanol–water partition coefficient (Wildman–Crippen LogP) is 3.71. The van der Waals surface area contributed by atoms with Crippen LogP contribution in [0.2, 0.25) is 10.0 Å². The number of halogens is 2. The van der Waals surface area contributed by atoms with Gasteiger partial charge in [0.2, 0.25) is 0 Å². The van der Waals surface area contributed by atoms with E-state index >= 15 is 0 Å². The Kier molecular flexibility index (Phi) is 4.38. The van der Waals surface area contributed by atoms with Gasteiger partial charge in [0.25, 0.3) is 5.91 Å². The lowest BCUT2D eigenvalue weighted by Crippen LogP contribution is -2.41. The highest BCUT2D eigenvalue weighted by atomic mass is 35.5. The molecule has 0 radical (unpaired) electrons. The van der Waals surface area contributed by atoms with Gasteiger partial charge in [-0.2, -0.15) is 0 Å². The highest BCUT2D eigenvalue weighted by Gasteiger charge is 2.50. The number of Topliss-reactive ketones (excluding diaryl/α,β-unsaturated/α-hetero) is 1. The van der Waals surface area contributed by atoms with Gasteiger partial charge in [-0.15, -0.1) is 0 Å². The van der Waals surface area contributed by atoms with Crippen LogP contribution in [0.3, 0.4) is 0 Å². The van der Waals surface area contributed by atoms with Crippen LogP contribution in [0, 0.1) is 0 Å². The van der Waals surface area contributed by atoms with Crippen molar-refractivity contribution >= 4 is 40.6 Å². The van der Waals surface area contributed by atoms with Crippen LogP contribution in [-0.4, -0.2) is 16.8 Å². The Morgan fingerprint density at radius 1 is 1.21 bits per heavy atom. The average Bonchev–Trinajstić information content (AvgIpc) is 2.71. The maximum atomic E-state index is 12.9. The largest absolute Gasteiger partial charge is 0.375 e. The molecule has 0 fully saturated rings. The lowest BCUT2D eigenvalue weighted by Gasteiger charge is -2.22. The summed E-state index contributed by atoms with van der Waals surface area (Å²) in [7, 11) is 0. The Bertz CT molecular complexity index is 837. The zero-order valence-electron chi connectivity index (χ0n) is 12.9. The van der Waals surface area contributed by atoms with Crippen molar-refractivity contribution in [1.29, 1.82) is 0 Å². The molecule has 0 bridgehead atoms. The molecular formula is C18H15Cl2NO3. The van der Waals surface area contributed by atoms with Crippen molar-refractivity contribution < 1.29 is 14.7 Å². The summed E-state index contributed by atoms with van der Waals surface area (Å²) in [4.78, 5) is 25.9. The molecule has 2 aromatic carbocycles. The molecule has 1 aliphatic rings. The van der Waals surface area contributed by atoms with E-state index in [9.17, 15) is 14.7 Å². The van der Waals surface area contributed by atoms with Crippen LogP contribution in [0.4, 0.5) is 5.69 Å². The molecule has 24 heavy (non-hydrogen) atoms. The average molecular weight is 364 g/mol. The fourth-order valence-electron chi connectivity index (χ4n) is 3.01. The molecule has 0 unspecified atom stereocenters. The van der Waals surface area contributed by atoms with Gasteiger partial charge in [0.15, 0.2) is 5.60 Å². The second-order valence-electron chi connectivity index (χ2n) is 5.88. The van der Waals surface area contributed by atoms with E-state index in [1.165, 1.54) is 11.8 Å². The van der Waals surface area contributed by atoms with Crippen molar-refractivity contribution in [2.24, 2.45) is 0 Å². The summed E-state index contributed by atoms with van der Waals surface area (Å²) in [6.45, 7) is 1.54. The summed E-state index contributed by atoms with van der Waals surface area (Å²) in [5, 5.41) is 11.8. The zero-order valence-corrected chi connectivity index (χ0v) is 14.4. The molecule has 4 nitrogen and oxygen atoms in total. The molecule has 2 aromatic rings. The van der Waals surface area contributed by atoms with Crippen molar-refractivity contribution in [2.75, 3.05) is 4.90 Å². The van der Waals surface area contributed by atoms with E-state index in [0.717, 1.165) is 0 Å². The first-order valence-electron chi connectivity index (χ1n) is 7.40. The van der Waals surface area contributed by atoms with Gasteiger partial charge in [-0.3, -0.25) is 9.59 Å². The molecule has 1 aliphatic heterocycles. The number of para-hydroxylation sites is 1. The second kappa shape index (κ2) is 6.20. The van der Waals surface area contributed by atoms with Gasteiger partial charge in [-0.05, 0) is 30.7 Å². The molecule has 0 saturated heterocycles. The van der Waals surface area contributed by atoms with Crippen molar-refractivity contribution in [3.05, 3.63) is 63.6 Å². The maximum absolute atomic E-state index is 12.9. The molecular weight excluding hydrogens is 349 g/mol. The number of aliphatic hydroxyl groups is 1. The summed E-state index contributed by atoms with van der Waals surface area (Å²) < 4.78 is 0. The maximum Gasteiger partial charge on any atom is 0.264 e. The molecule has 1 atom stereocenters. The number of carbonyl (C=O) groups is 2. The number of amides is 1. The molecule has 0 aromatic heterocycles. The van der Waals surface area contributed by atoms with Gasteiger partial charge < -0.3 is 10.0 Å². The van der Waals surface area contributed by atoms with E-state index < -0.39 is 11.5 Å². The zero-order chi connectivity index (χ0) is 17.5. The first-order valence-corrected chi connectivity index (χ1v) is 8.16. The van der Waals surface area contributed by atoms with E-state index in [1.54, 1.807) is 42.5 Å². The summed E-state index contributed by atoms with van der Waals surface area (Å²) >= 11 is 12.1. The smallest absolute Gasteiger partial charge is 0.264 e. The number of ketones is 1. The number of fused-ring (bicyclic) bond motifs is 1. The Labute approximate surface area is 149 Å². The first kappa shape index (κ1) is 17.0. The molecule has 1 amide bonds. The number of nitrogens with zero attached hydrogens (tertiary/aromatic N) is 1. The van der Waals surface area contributed by atoms with Crippen molar-refractivity contribution in [2.45, 2.75) is 25.5 Å². The van der Waals surface area contributed by atoms with E-state index in [1.807, 2.05) is 0 Å². The summed E-state index contributed by atoms with van der Waals surface area (Å²) in [6, 6.07) is 12.0. The molecule has 0 saturated carbocycles. The van der Waals surface area contributed by atoms with Gasteiger partial charge in [0, 0.05) is 22.0 Å². The highest BCUT2D eigenvalue weighted by molar-refractivity contribution is 6.35. The van der Waals surface area contributed by atoms with Crippen LogP contribution in [0.15, 0.2) is 42.5 Å². The Balaban J connectivity index is 2.03. The van der Waals surface area contributed by atoms with E-state index in [-0.39, 0.29) is 18.7 Å². The standard InChI is InChI=1S/C18H15Cl2NO3/c1-11(22)9-18(24)14-4-2-3-5-16(14)21(17(18)23)10-12-6-7-13(19)8-15(12)20/h2-8,24H,9-10H2,1H3/t18-/m1/s1. The lowest BCUT2D eigenvalue weighted by atomic mass is 9.90. The third-order valence-corrected chi connectivity index (χ3v) is 4.67. The van der Waals surface area contributed by atoms with Crippen molar-refractivity contribution in [1.82, 2.24) is 0 Å². The Hall–Kier alpha value is -1.88. The minimum atomic E-state index is -1.83. The predicted molar refractivity (Wildman–Crippen MR) is 93.3 cm³/mol. The monoisotopic (exact) mass is 363 g/mol. The number of hydrogen-bond acceptors (Lipinski definition) is 3. The molecule has 0 aliphatic carbocycles. The van der Waals surface area contributed by atoms with Crippen molar-refractivity contribution in [3.63, 3.8) is 0 Å². The Morgan fingerprint density at radius 2 is 1.92 bits per heavy atom. The van der Waals surface area contributed by atoms with Gasteiger partial charge >= 0.3 is 0 Å². The normalized spacial score (nSPS) is 19.5. The van der Waals surface area contributed by atoms with Gasteiger partial charge in [0.05, 0.1) is 12.2 Å². The molecule has 3 rings (SSSR count). The van der Waals surface area contributed by atoms with Gasteiger partial charge in [0.1, 0.15) is 5.78 Å². The number of hydrogen-bond donors (Lipinski definition) is 1. The second-order valence-corrected chi connectivity index (χ2v) is 6.73. The van der Waals surface area contributed by atoms with Crippen LogP contribution in [0.1, 0.15) is 24.5 Å². The van der Waals surface area contributed by atoms with Crippen LogP contribution in [-0.2, 0) is 21.7 Å². The SMILES string of the molecule is CC(=O)C[C@]1(O)C(=O)N(Cc2ccc(Cl)cc2Cl)c2ccccc21. The minimum absolute atomic E-state index is 0.187. The number of anilines is 1. The third-order valence-electron chi connectivity index (χ3n) is 4.09. The first-order chi connectivity index (χ1) is 11.3. The topological polar surface area (TPSA) is 57.6 Å². The van der Waals surface area contributed by atoms with E-state index in [2.05, 4.69) is 0 Å². The van der Waals surface area contributed by atoms with Gasteiger partial charge in [-0.25, -0.2) is 0 Å². The van der Waals surface area contributed by atoms with Gasteiger partial charge in [-0.1, -0.05) is 47.5 Å². The number of carbonyl (C=O) groups excluding carboxylic acids is 2. The molecule has 1 heterocycles. The lowest BCUT2D eigenvalue weighted by molar-refractivity contribution is -0.141. The molecule has 6 heteroatoms. The minimum Gasteiger partial charge on any atom is -0.375 e. The number of benzene rings is 2. The van der Waals surface area contributed by atoms with E-state index in [0.29, 0.717) is 26.9 Å². The quantitative estimate of drug-likeness (QED) is 0.900. The van der Waals surface area contributed by atoms with Crippen LogP contribution >= 0.6 is 23.2 Å². The van der Waals surface area contributed by atoms with Crippen LogP contribution in [0.5, 0.6) is 0 Å². The fraction of sp³-hybridized carbons (Fsp3) is 0.222. The third kappa shape index (κ3) is 2.81. The molecule has 1 N–H and O–H groups in total. The van der Waals surface area contributed by atoms with Crippen molar-refractivity contribution in [3.8, 4) is 0 Å². The Morgan fingerprint density at radius 3 is 2.58 bits per heavy atom. The molecule has 0 spiro atoms. The summed E-state index contributed by atoms with van der Waals surface area (Å²) in [5.74, 6) is -0.781. The molecule has 124 valence electrons. The summed E-state index contributed by atoms with van der Waals surface area (Å²) in [6.07, 6.45) is -0.256. The number of rotatable bonds is 4. The summed E-state index contributed by atoms with van der Waals surface area (Å²) in [5.41, 5.74) is -0.106.